The number of benzene rings is 1. The third kappa shape index (κ3) is 2.15. The van der Waals surface area contributed by atoms with E-state index >= 15 is 0 Å². The molecule has 4 rings (SSSR count). The fourth-order valence-electron chi connectivity index (χ4n) is 3.38. The van der Waals surface area contributed by atoms with Crippen LogP contribution in [0, 0.1) is 6.92 Å². The highest BCUT2D eigenvalue weighted by Crippen LogP contribution is 2.20. The zero-order valence-corrected chi connectivity index (χ0v) is 14.6. The molecule has 0 saturated heterocycles. The second-order valence-electron chi connectivity index (χ2n) is 6.52. The molecule has 1 aromatic carbocycles. The number of nitrogens with zero attached hydrogens (tertiary/aromatic N) is 5. The monoisotopic (exact) mass is 337 g/mol. The lowest BCUT2D eigenvalue weighted by Gasteiger charge is -2.09. The van der Waals surface area contributed by atoms with Gasteiger partial charge < -0.3 is 9.13 Å². The second-order valence-corrected chi connectivity index (χ2v) is 6.52. The summed E-state index contributed by atoms with van der Waals surface area (Å²) in [5.74, 6) is 0. The van der Waals surface area contributed by atoms with Crippen molar-refractivity contribution in [3.05, 3.63) is 62.7 Å². The number of aryl methyl sites for hydroxylation is 4. The summed E-state index contributed by atoms with van der Waals surface area (Å²) in [7, 11) is 5.34. The molecule has 25 heavy (non-hydrogen) atoms. The van der Waals surface area contributed by atoms with Crippen LogP contribution in [0.3, 0.4) is 0 Å². The van der Waals surface area contributed by atoms with Crippen molar-refractivity contribution in [1.82, 2.24) is 23.3 Å². The van der Waals surface area contributed by atoms with Crippen molar-refractivity contribution >= 4 is 22.1 Å². The fraction of sp³-hybridized carbons (Fsp3) is 0.278. The normalized spacial score (nSPS) is 11.7. The van der Waals surface area contributed by atoms with Crippen molar-refractivity contribution in [2.24, 2.45) is 21.1 Å². The largest absolute Gasteiger partial charge is 0.346 e. The number of fused-ring (bicyclic) bond motifs is 2. The van der Waals surface area contributed by atoms with Crippen LogP contribution in [0.4, 0.5) is 0 Å². The molecule has 128 valence electrons. The first-order chi connectivity index (χ1) is 11.9. The Hall–Kier alpha value is -3.09. The summed E-state index contributed by atoms with van der Waals surface area (Å²) < 4.78 is 6.36. The van der Waals surface area contributed by atoms with E-state index in [0.717, 1.165) is 16.6 Å². The molecule has 7 heteroatoms. The molecule has 3 heterocycles. The van der Waals surface area contributed by atoms with E-state index in [-0.39, 0.29) is 17.8 Å². The third-order valence-corrected chi connectivity index (χ3v) is 4.82. The molecular formula is C18H19N5O2. The molecule has 0 N–H and O–H groups in total. The van der Waals surface area contributed by atoms with E-state index < -0.39 is 0 Å². The first-order valence-corrected chi connectivity index (χ1v) is 8.04. The molecule has 4 aromatic rings. The van der Waals surface area contributed by atoms with Crippen LogP contribution in [0.1, 0.15) is 11.3 Å². The highest BCUT2D eigenvalue weighted by atomic mass is 16.2. The highest BCUT2D eigenvalue weighted by molar-refractivity contribution is 5.82. The lowest BCUT2D eigenvalue weighted by molar-refractivity contribution is 0.632. The molecule has 0 fully saturated rings. The molecule has 0 spiro atoms. The average molecular weight is 337 g/mol. The first-order valence-electron chi connectivity index (χ1n) is 8.04. The van der Waals surface area contributed by atoms with Gasteiger partial charge in [0.2, 0.25) is 0 Å². The Kier molecular flexibility index (Phi) is 3.21. The number of rotatable bonds is 2. The van der Waals surface area contributed by atoms with E-state index in [1.54, 1.807) is 25.0 Å². The zero-order chi connectivity index (χ0) is 17.9. The number of imidazole rings is 1. The van der Waals surface area contributed by atoms with Crippen LogP contribution in [0.5, 0.6) is 0 Å². The van der Waals surface area contributed by atoms with Crippen molar-refractivity contribution in [1.29, 1.82) is 0 Å². The predicted molar refractivity (Wildman–Crippen MR) is 97.0 cm³/mol. The van der Waals surface area contributed by atoms with E-state index in [1.165, 1.54) is 14.7 Å². The maximum atomic E-state index is 12.8. The Balaban J connectivity index is 1.95. The summed E-state index contributed by atoms with van der Waals surface area (Å²) in [6, 6.07) is 8.24. The average Bonchev–Trinajstić information content (AvgIpc) is 3.10. The zero-order valence-electron chi connectivity index (χ0n) is 14.6. The van der Waals surface area contributed by atoms with Crippen molar-refractivity contribution in [3.8, 4) is 0 Å². The number of aromatic nitrogens is 5. The van der Waals surface area contributed by atoms with Crippen LogP contribution in [-0.2, 0) is 27.7 Å². The maximum Gasteiger partial charge on any atom is 0.332 e. The quantitative estimate of drug-likeness (QED) is 0.553. The Morgan fingerprint density at radius 3 is 2.56 bits per heavy atom. The smallest absolute Gasteiger partial charge is 0.332 e. The van der Waals surface area contributed by atoms with Gasteiger partial charge in [-0.2, -0.15) is 0 Å². The van der Waals surface area contributed by atoms with Gasteiger partial charge in [0.25, 0.3) is 5.56 Å². The van der Waals surface area contributed by atoms with E-state index in [1.807, 2.05) is 24.6 Å². The van der Waals surface area contributed by atoms with Gasteiger partial charge in [0, 0.05) is 37.7 Å². The summed E-state index contributed by atoms with van der Waals surface area (Å²) in [5.41, 5.74) is 3.30. The molecule has 0 atom stereocenters. The van der Waals surface area contributed by atoms with Gasteiger partial charge in [0.15, 0.2) is 11.2 Å². The van der Waals surface area contributed by atoms with Crippen LogP contribution in [-0.4, -0.2) is 23.3 Å². The lowest BCUT2D eigenvalue weighted by Crippen LogP contribution is -2.40. The second kappa shape index (κ2) is 5.20. The molecule has 0 saturated carbocycles. The fourth-order valence-corrected chi connectivity index (χ4v) is 3.38. The summed E-state index contributed by atoms with van der Waals surface area (Å²) in [5, 5.41) is 1.10. The molecule has 0 aliphatic carbocycles. The first kappa shape index (κ1) is 15.4. The number of hydrogen-bond acceptors (Lipinski definition) is 3. The van der Waals surface area contributed by atoms with Crippen LogP contribution < -0.4 is 11.2 Å². The molecule has 7 nitrogen and oxygen atoms in total. The Morgan fingerprint density at radius 2 is 1.80 bits per heavy atom. The molecule has 0 amide bonds. The minimum atomic E-state index is -0.363. The van der Waals surface area contributed by atoms with Crippen LogP contribution in [0.25, 0.3) is 22.1 Å². The van der Waals surface area contributed by atoms with Gasteiger partial charge in [-0.1, -0.05) is 11.6 Å². The Labute approximate surface area is 143 Å². The molecule has 0 unspecified atom stereocenters. The van der Waals surface area contributed by atoms with E-state index in [0.29, 0.717) is 11.2 Å². The summed E-state index contributed by atoms with van der Waals surface area (Å²) in [6.45, 7) is 2.26. The molecule has 0 bridgehead atoms. The summed E-state index contributed by atoms with van der Waals surface area (Å²) >= 11 is 0. The maximum absolute atomic E-state index is 12.8. The standard InChI is InChI=1S/C18H19N5O2/c1-11-5-6-14-12(7-11)8-13(21(14)3)9-23-17(24)15-16(19-10-20(15)2)22(4)18(23)25/h5-8,10H,9H2,1-4H3. The summed E-state index contributed by atoms with van der Waals surface area (Å²) in [4.78, 5) is 29.7. The van der Waals surface area contributed by atoms with Gasteiger partial charge in [-0.15, -0.1) is 0 Å². The van der Waals surface area contributed by atoms with E-state index in [4.69, 9.17) is 0 Å². The molecule has 0 aliphatic heterocycles. The van der Waals surface area contributed by atoms with Gasteiger partial charge in [-0.05, 0) is 25.1 Å². The minimum Gasteiger partial charge on any atom is -0.346 e. The molecule has 0 aliphatic rings. The van der Waals surface area contributed by atoms with Gasteiger partial charge in [-0.25, -0.2) is 9.78 Å². The third-order valence-electron chi connectivity index (χ3n) is 4.82. The van der Waals surface area contributed by atoms with Gasteiger partial charge >= 0.3 is 5.69 Å². The van der Waals surface area contributed by atoms with Crippen LogP contribution in [0.15, 0.2) is 40.2 Å². The molecular weight excluding hydrogens is 318 g/mol. The number of hydrogen-bond donors (Lipinski definition) is 0. The Morgan fingerprint density at radius 1 is 1.04 bits per heavy atom. The predicted octanol–water partition coefficient (Wildman–Crippen LogP) is 1.28. The van der Waals surface area contributed by atoms with Crippen molar-refractivity contribution in [2.45, 2.75) is 13.5 Å². The SMILES string of the molecule is Cc1ccc2c(c1)cc(Cn1c(=O)c3c(ncn3C)n(C)c1=O)n2C. The van der Waals surface area contributed by atoms with Gasteiger partial charge in [0.1, 0.15) is 0 Å². The highest BCUT2D eigenvalue weighted by Gasteiger charge is 2.16. The summed E-state index contributed by atoms with van der Waals surface area (Å²) in [6.07, 6.45) is 1.55. The van der Waals surface area contributed by atoms with Crippen molar-refractivity contribution in [2.75, 3.05) is 0 Å². The molecule has 0 radical (unpaired) electrons. The van der Waals surface area contributed by atoms with E-state index in [9.17, 15) is 9.59 Å². The topological polar surface area (TPSA) is 66.8 Å². The van der Waals surface area contributed by atoms with E-state index in [2.05, 4.69) is 23.2 Å². The minimum absolute atomic E-state index is 0.219. The Bertz CT molecular complexity index is 1250. The van der Waals surface area contributed by atoms with Gasteiger partial charge in [0.05, 0.1) is 12.9 Å². The van der Waals surface area contributed by atoms with Crippen molar-refractivity contribution in [3.63, 3.8) is 0 Å². The lowest BCUT2D eigenvalue weighted by atomic mass is 10.2. The molecule has 3 aromatic heterocycles. The van der Waals surface area contributed by atoms with Crippen LogP contribution in [0.2, 0.25) is 0 Å². The van der Waals surface area contributed by atoms with Gasteiger partial charge in [-0.3, -0.25) is 13.9 Å². The van der Waals surface area contributed by atoms with Crippen molar-refractivity contribution < 1.29 is 0 Å². The van der Waals surface area contributed by atoms with Crippen LogP contribution >= 0.6 is 0 Å².